The molecule has 1 aromatic carbocycles. The number of carbonyl (C=O) groups is 1. The van der Waals surface area contributed by atoms with Gasteiger partial charge in [-0.05, 0) is 36.8 Å². The van der Waals surface area contributed by atoms with Crippen molar-refractivity contribution in [2.75, 3.05) is 29.9 Å². The molecule has 11 heteroatoms. The third-order valence-corrected chi connectivity index (χ3v) is 5.65. The van der Waals surface area contributed by atoms with Gasteiger partial charge in [0.2, 0.25) is 11.7 Å². The fourth-order valence-electron chi connectivity index (χ4n) is 3.74. The molecule has 1 fully saturated rings. The summed E-state index contributed by atoms with van der Waals surface area (Å²) in [4.78, 5) is 25.8. The first kappa shape index (κ1) is 25.2. The molecule has 1 unspecified atom stereocenters. The fraction of sp³-hybridized carbons (Fsp3) is 0.360. The molecule has 4 rings (SSSR count). The molecule has 0 bridgehead atoms. The Morgan fingerprint density at radius 1 is 1.25 bits per heavy atom. The van der Waals surface area contributed by atoms with Crippen LogP contribution in [-0.4, -0.2) is 52.6 Å². The van der Waals surface area contributed by atoms with E-state index < -0.39 is 24.2 Å². The second kappa shape index (κ2) is 10.8. The van der Waals surface area contributed by atoms with Gasteiger partial charge in [-0.1, -0.05) is 12.1 Å². The van der Waals surface area contributed by atoms with Gasteiger partial charge in [0.05, 0.1) is 24.3 Å². The summed E-state index contributed by atoms with van der Waals surface area (Å²) < 4.78 is 51.7. The monoisotopic (exact) mass is 501 g/mol. The Bertz CT molecular complexity index is 1180. The highest BCUT2D eigenvalue weighted by molar-refractivity contribution is 5.95. The quantitative estimate of drug-likeness (QED) is 0.464. The summed E-state index contributed by atoms with van der Waals surface area (Å²) >= 11 is 0. The Labute approximate surface area is 206 Å². The van der Waals surface area contributed by atoms with Crippen LogP contribution in [-0.2, 0) is 4.79 Å². The van der Waals surface area contributed by atoms with E-state index in [9.17, 15) is 18.0 Å². The largest absolute Gasteiger partial charge is 0.489 e. The Morgan fingerprint density at radius 3 is 2.72 bits per heavy atom. The van der Waals surface area contributed by atoms with E-state index in [1.165, 1.54) is 0 Å². The number of amides is 1. The van der Waals surface area contributed by atoms with E-state index in [1.54, 1.807) is 41.6 Å². The highest BCUT2D eigenvalue weighted by Crippen LogP contribution is 2.29. The highest BCUT2D eigenvalue weighted by Gasteiger charge is 2.30. The first-order valence-corrected chi connectivity index (χ1v) is 11.4. The summed E-state index contributed by atoms with van der Waals surface area (Å²) in [6.45, 7) is 2.33. The number of benzene rings is 1. The molecule has 3 heterocycles. The molecule has 0 spiro atoms. The zero-order valence-electron chi connectivity index (χ0n) is 19.8. The van der Waals surface area contributed by atoms with E-state index in [4.69, 9.17) is 9.47 Å². The van der Waals surface area contributed by atoms with E-state index >= 15 is 0 Å². The Morgan fingerprint density at radius 2 is 2.03 bits per heavy atom. The van der Waals surface area contributed by atoms with Crippen molar-refractivity contribution in [1.29, 1.82) is 0 Å². The van der Waals surface area contributed by atoms with Crippen LogP contribution in [0.1, 0.15) is 31.7 Å². The van der Waals surface area contributed by atoms with Gasteiger partial charge in [0.15, 0.2) is 12.4 Å². The zero-order valence-corrected chi connectivity index (χ0v) is 19.8. The number of alkyl halides is 2. The van der Waals surface area contributed by atoms with Crippen LogP contribution in [0.25, 0.3) is 0 Å². The number of nitrogens with one attached hydrogen (secondary N) is 1. The van der Waals surface area contributed by atoms with Crippen LogP contribution in [0.3, 0.4) is 0 Å². The lowest BCUT2D eigenvalue weighted by atomic mass is 10.0. The predicted octanol–water partition coefficient (Wildman–Crippen LogP) is 4.44. The van der Waals surface area contributed by atoms with E-state index in [-0.39, 0.29) is 23.7 Å². The van der Waals surface area contributed by atoms with Crippen LogP contribution in [0.15, 0.2) is 55.1 Å². The molecular weight excluding hydrogens is 475 g/mol. The average molecular weight is 502 g/mol. The minimum Gasteiger partial charge on any atom is -0.489 e. The van der Waals surface area contributed by atoms with Crippen molar-refractivity contribution in [3.05, 3.63) is 66.5 Å². The molecule has 1 aliphatic rings. The summed E-state index contributed by atoms with van der Waals surface area (Å²) in [6, 6.07) is 10.7. The molecule has 1 saturated heterocycles. The lowest BCUT2D eigenvalue weighted by Gasteiger charge is -2.20. The number of hydrogen-bond acceptors (Lipinski definition) is 7. The number of ether oxygens (including phenoxy) is 2. The van der Waals surface area contributed by atoms with Crippen molar-refractivity contribution in [3.8, 4) is 11.6 Å². The van der Waals surface area contributed by atoms with Crippen molar-refractivity contribution >= 4 is 17.4 Å². The molecule has 0 radical (unpaired) electrons. The molecule has 3 aromatic rings. The maximum atomic E-state index is 14.8. The maximum absolute atomic E-state index is 14.8. The summed E-state index contributed by atoms with van der Waals surface area (Å²) in [5, 5.41) is 2.83. The predicted molar refractivity (Wildman–Crippen MR) is 127 cm³/mol. The first-order valence-electron chi connectivity index (χ1n) is 11.4. The van der Waals surface area contributed by atoms with E-state index in [0.717, 1.165) is 11.9 Å². The van der Waals surface area contributed by atoms with Crippen LogP contribution in [0, 0.1) is 5.82 Å². The summed E-state index contributed by atoms with van der Waals surface area (Å²) in [5.74, 6) is -4.45. The summed E-state index contributed by atoms with van der Waals surface area (Å²) in [6.07, 6.45) is 4.67. The van der Waals surface area contributed by atoms with Gasteiger partial charge in [-0.25, -0.2) is 13.8 Å². The van der Waals surface area contributed by atoms with Crippen LogP contribution < -0.4 is 19.7 Å². The SMILES string of the molecule is CC(C(=O)Nc1cccnc1)c1ccc(O[C@@H]2CCN(c3ncnc(OCC(C)(F)F)c3F)C2)cc1. The van der Waals surface area contributed by atoms with Gasteiger partial charge in [0.25, 0.3) is 11.8 Å². The number of halogens is 3. The van der Waals surface area contributed by atoms with E-state index in [0.29, 0.717) is 37.9 Å². The van der Waals surface area contributed by atoms with Gasteiger partial charge in [-0.3, -0.25) is 9.78 Å². The fourth-order valence-corrected chi connectivity index (χ4v) is 3.74. The average Bonchev–Trinajstić information content (AvgIpc) is 3.31. The Hall–Kier alpha value is -3.89. The van der Waals surface area contributed by atoms with Crippen molar-refractivity contribution in [2.45, 2.75) is 38.2 Å². The van der Waals surface area contributed by atoms with E-state index in [2.05, 4.69) is 20.3 Å². The van der Waals surface area contributed by atoms with Gasteiger partial charge in [-0.2, -0.15) is 9.37 Å². The third kappa shape index (κ3) is 6.41. The number of aromatic nitrogens is 3. The Balaban J connectivity index is 1.33. The van der Waals surface area contributed by atoms with Gasteiger partial charge in [-0.15, -0.1) is 0 Å². The van der Waals surface area contributed by atoms with Crippen LogP contribution in [0.5, 0.6) is 11.6 Å². The number of hydrogen-bond donors (Lipinski definition) is 1. The third-order valence-electron chi connectivity index (χ3n) is 5.65. The summed E-state index contributed by atoms with van der Waals surface area (Å²) in [7, 11) is 0. The molecule has 1 N–H and O–H groups in total. The molecule has 0 aliphatic carbocycles. The second-order valence-electron chi connectivity index (χ2n) is 8.67. The number of rotatable bonds is 9. The lowest BCUT2D eigenvalue weighted by molar-refractivity contribution is -0.117. The molecule has 1 amide bonds. The maximum Gasteiger partial charge on any atom is 0.278 e. The normalized spacial score (nSPS) is 16.5. The van der Waals surface area contributed by atoms with Crippen molar-refractivity contribution in [1.82, 2.24) is 15.0 Å². The Kier molecular flexibility index (Phi) is 7.56. The van der Waals surface area contributed by atoms with Crippen molar-refractivity contribution in [2.24, 2.45) is 0 Å². The summed E-state index contributed by atoms with van der Waals surface area (Å²) in [5.41, 5.74) is 1.45. The first-order chi connectivity index (χ1) is 17.2. The van der Waals surface area contributed by atoms with Gasteiger partial charge < -0.3 is 19.7 Å². The molecule has 190 valence electrons. The number of anilines is 2. The van der Waals surface area contributed by atoms with Crippen molar-refractivity contribution < 1.29 is 27.4 Å². The van der Waals surface area contributed by atoms with E-state index in [1.807, 2.05) is 19.1 Å². The van der Waals surface area contributed by atoms with Crippen LogP contribution in [0.4, 0.5) is 24.7 Å². The molecule has 8 nitrogen and oxygen atoms in total. The van der Waals surface area contributed by atoms with Gasteiger partial charge in [0.1, 0.15) is 18.2 Å². The number of pyridine rings is 1. The second-order valence-corrected chi connectivity index (χ2v) is 8.67. The minimum absolute atomic E-state index is 0.0191. The topological polar surface area (TPSA) is 89.5 Å². The van der Waals surface area contributed by atoms with Gasteiger partial charge in [0, 0.05) is 26.1 Å². The van der Waals surface area contributed by atoms with Crippen LogP contribution >= 0.6 is 0 Å². The number of carbonyl (C=O) groups excluding carboxylic acids is 1. The lowest BCUT2D eigenvalue weighted by Crippen LogP contribution is -2.27. The van der Waals surface area contributed by atoms with Crippen molar-refractivity contribution in [3.63, 3.8) is 0 Å². The molecule has 2 atom stereocenters. The molecule has 2 aromatic heterocycles. The zero-order chi connectivity index (χ0) is 25.7. The van der Waals surface area contributed by atoms with Crippen LogP contribution in [0.2, 0.25) is 0 Å². The standard InChI is InChI=1S/C25H26F3N5O3/c1-16(23(34)32-18-4-3-10-29-12-18)17-5-7-19(8-6-17)36-20-9-11-33(13-20)22-21(26)24(31-15-30-22)35-14-25(2,27)28/h3-8,10,12,15-16,20H,9,11,13-14H2,1-2H3,(H,32,34)/t16?,20-/m1/s1. The highest BCUT2D eigenvalue weighted by atomic mass is 19.3. The molecule has 1 aliphatic heterocycles. The molecule has 0 saturated carbocycles. The number of nitrogens with zero attached hydrogens (tertiary/aromatic N) is 4. The smallest absolute Gasteiger partial charge is 0.278 e. The molecular formula is C25H26F3N5O3. The minimum atomic E-state index is -3.11. The van der Waals surface area contributed by atoms with Gasteiger partial charge >= 0.3 is 0 Å². The molecule has 36 heavy (non-hydrogen) atoms.